The third kappa shape index (κ3) is 7.37. The molecule has 0 saturated carbocycles. The summed E-state index contributed by atoms with van der Waals surface area (Å²) in [7, 11) is -2.49. The standard InChI is InChI=1S/C41H36NO3P/c43-41(45-32-35-18-8-2-9-19-35)42-40(30-33-26-28-36(29-27-33)44-31-34-16-6-1-7-17-34)46(37-20-10-3-11-21-37,38-22-12-4-13-23-38)39-24-14-5-15-25-39/h1-29,40H,30-32H2/p+1/t40-/m0/s1. The maximum absolute atomic E-state index is 13.7. The topological polar surface area (TPSA) is 47.6 Å². The van der Waals surface area contributed by atoms with Gasteiger partial charge in [-0.1, -0.05) is 127 Å². The summed E-state index contributed by atoms with van der Waals surface area (Å²) in [5, 5.41) is 6.94. The number of nitrogens with one attached hydrogen (secondary N) is 1. The highest BCUT2D eigenvalue weighted by Crippen LogP contribution is 2.59. The van der Waals surface area contributed by atoms with E-state index in [-0.39, 0.29) is 12.4 Å². The van der Waals surface area contributed by atoms with E-state index in [0.29, 0.717) is 13.0 Å². The molecule has 0 aromatic heterocycles. The monoisotopic (exact) mass is 622 g/mol. The molecule has 1 N–H and O–H groups in total. The number of carbonyl (C=O) groups is 1. The molecule has 5 heteroatoms. The van der Waals surface area contributed by atoms with E-state index in [4.69, 9.17) is 9.47 Å². The molecule has 0 aliphatic rings. The molecular formula is C41H37NO3P+. The first-order valence-electron chi connectivity index (χ1n) is 15.5. The highest BCUT2D eigenvalue weighted by atomic mass is 31.2. The van der Waals surface area contributed by atoms with Gasteiger partial charge in [-0.25, -0.2) is 4.79 Å². The Balaban J connectivity index is 1.39. The fourth-order valence-electron chi connectivity index (χ4n) is 5.85. The van der Waals surface area contributed by atoms with Gasteiger partial charge in [0, 0.05) is 6.42 Å². The minimum Gasteiger partial charge on any atom is -0.489 e. The second-order valence-corrected chi connectivity index (χ2v) is 14.7. The van der Waals surface area contributed by atoms with Crippen LogP contribution in [0.5, 0.6) is 5.75 Å². The van der Waals surface area contributed by atoms with Gasteiger partial charge in [0.05, 0.1) is 0 Å². The normalized spacial score (nSPS) is 11.7. The zero-order chi connectivity index (χ0) is 31.4. The van der Waals surface area contributed by atoms with Crippen molar-refractivity contribution in [2.45, 2.75) is 25.4 Å². The molecule has 0 aliphatic carbocycles. The van der Waals surface area contributed by atoms with Crippen molar-refractivity contribution in [3.8, 4) is 5.75 Å². The first kappa shape index (κ1) is 30.8. The Labute approximate surface area is 272 Å². The van der Waals surface area contributed by atoms with Crippen LogP contribution < -0.4 is 26.0 Å². The van der Waals surface area contributed by atoms with E-state index in [2.05, 4.69) is 102 Å². The highest BCUT2D eigenvalue weighted by Gasteiger charge is 2.53. The van der Waals surface area contributed by atoms with Crippen LogP contribution >= 0.6 is 7.26 Å². The van der Waals surface area contributed by atoms with Gasteiger partial charge >= 0.3 is 6.09 Å². The summed E-state index contributed by atoms with van der Waals surface area (Å²) >= 11 is 0. The number of alkyl carbamates (subject to hydrolysis) is 1. The van der Waals surface area contributed by atoms with Crippen molar-refractivity contribution in [2.75, 3.05) is 0 Å². The molecular weight excluding hydrogens is 585 g/mol. The van der Waals surface area contributed by atoms with E-state index >= 15 is 0 Å². The molecule has 0 unspecified atom stereocenters. The van der Waals surface area contributed by atoms with Gasteiger partial charge in [-0.2, -0.15) is 0 Å². The fourth-order valence-corrected chi connectivity index (χ4v) is 10.5. The Bertz CT molecular complexity index is 1690. The number of hydrogen-bond donors (Lipinski definition) is 1. The van der Waals surface area contributed by atoms with Crippen LogP contribution in [-0.2, 0) is 24.4 Å². The average molecular weight is 623 g/mol. The molecule has 1 atom stereocenters. The smallest absolute Gasteiger partial charge is 0.410 e. The van der Waals surface area contributed by atoms with Crippen LogP contribution in [0.4, 0.5) is 4.79 Å². The molecule has 1 amide bonds. The van der Waals surface area contributed by atoms with E-state index < -0.39 is 13.4 Å². The molecule has 0 bridgehead atoms. The van der Waals surface area contributed by atoms with Gasteiger partial charge in [0.2, 0.25) is 0 Å². The van der Waals surface area contributed by atoms with Gasteiger partial charge < -0.3 is 9.47 Å². The van der Waals surface area contributed by atoms with E-state index in [1.807, 2.05) is 78.9 Å². The molecule has 228 valence electrons. The number of benzene rings is 6. The van der Waals surface area contributed by atoms with Crippen molar-refractivity contribution >= 4 is 29.3 Å². The largest absolute Gasteiger partial charge is 0.489 e. The zero-order valence-corrected chi connectivity index (χ0v) is 26.5. The lowest BCUT2D eigenvalue weighted by Gasteiger charge is -2.35. The van der Waals surface area contributed by atoms with Gasteiger partial charge in [0.25, 0.3) is 0 Å². The average Bonchev–Trinajstić information content (AvgIpc) is 3.13. The Morgan fingerprint density at radius 1 is 0.500 bits per heavy atom. The van der Waals surface area contributed by atoms with Gasteiger partial charge in [0.15, 0.2) is 5.78 Å². The lowest BCUT2D eigenvalue weighted by Crippen LogP contribution is -2.48. The number of amides is 1. The van der Waals surface area contributed by atoms with Gasteiger partial charge in [-0.15, -0.1) is 0 Å². The van der Waals surface area contributed by atoms with Gasteiger partial charge in [-0.05, 0) is 65.2 Å². The fraction of sp³-hybridized carbons (Fsp3) is 0.0976. The SMILES string of the molecule is O=C(N[C@H](Cc1ccc(OCc2ccccc2)cc1)[P+](c1ccccc1)(c1ccccc1)c1ccccc1)OCc1ccccc1. The van der Waals surface area contributed by atoms with Crippen molar-refractivity contribution in [2.24, 2.45) is 0 Å². The van der Waals surface area contributed by atoms with E-state index in [9.17, 15) is 4.79 Å². The maximum Gasteiger partial charge on any atom is 0.410 e. The minimum atomic E-state index is -2.49. The molecule has 6 aromatic carbocycles. The number of carbonyl (C=O) groups excluding carboxylic acids is 1. The van der Waals surface area contributed by atoms with Crippen molar-refractivity contribution in [3.05, 3.63) is 193 Å². The maximum atomic E-state index is 13.7. The van der Waals surface area contributed by atoms with Crippen LogP contribution in [-0.4, -0.2) is 11.9 Å². The van der Waals surface area contributed by atoms with Crippen LogP contribution in [0, 0.1) is 0 Å². The molecule has 0 saturated heterocycles. The van der Waals surface area contributed by atoms with Crippen LogP contribution in [0.2, 0.25) is 0 Å². The van der Waals surface area contributed by atoms with Gasteiger partial charge in [0.1, 0.15) is 42.1 Å². The van der Waals surface area contributed by atoms with E-state index in [1.165, 1.54) is 15.9 Å². The quantitative estimate of drug-likeness (QED) is 0.141. The van der Waals surface area contributed by atoms with Crippen molar-refractivity contribution < 1.29 is 14.3 Å². The minimum absolute atomic E-state index is 0.195. The molecule has 4 nitrogen and oxygen atoms in total. The van der Waals surface area contributed by atoms with E-state index in [1.54, 1.807) is 0 Å². The Morgan fingerprint density at radius 2 is 0.913 bits per heavy atom. The summed E-state index contributed by atoms with van der Waals surface area (Å²) in [5.74, 6) is 0.494. The lowest BCUT2D eigenvalue weighted by atomic mass is 10.1. The lowest BCUT2D eigenvalue weighted by molar-refractivity contribution is 0.138. The molecule has 0 spiro atoms. The van der Waals surface area contributed by atoms with Crippen molar-refractivity contribution in [1.29, 1.82) is 0 Å². The molecule has 0 radical (unpaired) electrons. The summed E-state index contributed by atoms with van der Waals surface area (Å²) in [4.78, 5) is 13.7. The third-order valence-corrected chi connectivity index (χ3v) is 12.6. The first-order chi connectivity index (χ1) is 22.7. The molecule has 0 fully saturated rings. The van der Waals surface area contributed by atoms with Crippen LogP contribution in [0.1, 0.15) is 16.7 Å². The predicted molar refractivity (Wildman–Crippen MR) is 190 cm³/mol. The number of hydrogen-bond acceptors (Lipinski definition) is 3. The second-order valence-electron chi connectivity index (χ2n) is 11.1. The molecule has 6 rings (SSSR count). The zero-order valence-electron chi connectivity index (χ0n) is 25.6. The Kier molecular flexibility index (Phi) is 10.2. The molecule has 0 heterocycles. The molecule has 46 heavy (non-hydrogen) atoms. The summed E-state index contributed by atoms with van der Waals surface area (Å²) in [6, 6.07) is 59.9. The van der Waals surface area contributed by atoms with Crippen LogP contribution in [0.25, 0.3) is 0 Å². The predicted octanol–water partition coefficient (Wildman–Crippen LogP) is 8.05. The Morgan fingerprint density at radius 3 is 1.37 bits per heavy atom. The number of rotatable bonds is 12. The third-order valence-electron chi connectivity index (χ3n) is 8.06. The first-order valence-corrected chi connectivity index (χ1v) is 17.4. The number of ether oxygens (including phenoxy) is 2. The summed E-state index contributed by atoms with van der Waals surface area (Å²) in [6.45, 7) is 0.697. The van der Waals surface area contributed by atoms with Crippen molar-refractivity contribution in [3.63, 3.8) is 0 Å². The Hall–Kier alpha value is -5.18. The summed E-state index contributed by atoms with van der Waals surface area (Å²) < 4.78 is 11.9. The highest BCUT2D eigenvalue weighted by molar-refractivity contribution is 7.96. The van der Waals surface area contributed by atoms with Crippen molar-refractivity contribution in [1.82, 2.24) is 5.32 Å². The molecule has 6 aromatic rings. The summed E-state index contributed by atoms with van der Waals surface area (Å²) in [5.41, 5.74) is 3.15. The van der Waals surface area contributed by atoms with Crippen LogP contribution in [0.15, 0.2) is 176 Å². The second kappa shape index (κ2) is 15.2. The van der Waals surface area contributed by atoms with E-state index in [0.717, 1.165) is 22.4 Å². The summed E-state index contributed by atoms with van der Waals surface area (Å²) in [6.07, 6.45) is 0.148. The van der Waals surface area contributed by atoms with Crippen LogP contribution in [0.3, 0.4) is 0 Å². The van der Waals surface area contributed by atoms with Gasteiger partial charge in [-0.3, -0.25) is 5.32 Å². The molecule has 0 aliphatic heterocycles.